The minimum atomic E-state index is 0.635. The molecule has 0 saturated heterocycles. The molecule has 0 aromatic carbocycles. The van der Waals surface area contributed by atoms with Gasteiger partial charge in [0.05, 0.1) is 0 Å². The van der Waals surface area contributed by atoms with Crippen molar-refractivity contribution < 1.29 is 0 Å². The van der Waals surface area contributed by atoms with Crippen molar-refractivity contribution in [1.82, 2.24) is 9.80 Å². The Morgan fingerprint density at radius 3 is 0.625 bits per heavy atom. The summed E-state index contributed by atoms with van der Waals surface area (Å²) in [6, 6.07) is 0. The van der Waals surface area contributed by atoms with E-state index in [9.17, 15) is 0 Å². The molecule has 1 aliphatic heterocycles. The fourth-order valence-electron chi connectivity index (χ4n) is 9.37. The average Bonchev–Trinajstić information content (AvgIpc) is 3.59. The second-order valence-electron chi connectivity index (χ2n) is 18.9. The van der Waals surface area contributed by atoms with Crippen molar-refractivity contribution in [2.45, 2.75) is 322 Å². The van der Waals surface area contributed by atoms with Gasteiger partial charge in [-0.2, -0.15) is 0 Å². The van der Waals surface area contributed by atoms with Gasteiger partial charge in [-0.25, -0.2) is 0 Å². The van der Waals surface area contributed by atoms with Gasteiger partial charge < -0.3 is 9.80 Å². The molecule has 1 rings (SSSR count). The predicted octanol–water partition coefficient (Wildman–Crippen LogP) is 19.4. The second-order valence-corrected chi connectivity index (χ2v) is 18.9. The molecule has 1 aliphatic rings. The van der Waals surface area contributed by atoms with Crippen LogP contribution in [0.3, 0.4) is 0 Å². The quantitative estimate of drug-likeness (QED) is 0.0567. The van der Waals surface area contributed by atoms with E-state index in [1.807, 2.05) is 0 Å². The molecule has 0 N–H and O–H groups in total. The van der Waals surface area contributed by atoms with E-state index in [0.29, 0.717) is 6.17 Å². The maximum atomic E-state index is 2.75. The van der Waals surface area contributed by atoms with Crippen LogP contribution in [-0.2, 0) is 0 Å². The van der Waals surface area contributed by atoms with Crippen LogP contribution in [0.1, 0.15) is 316 Å². The van der Waals surface area contributed by atoms with Gasteiger partial charge >= 0.3 is 0 Å². The largest absolute Gasteiger partial charge is 0.356 e. The van der Waals surface area contributed by atoms with Crippen molar-refractivity contribution in [3.05, 3.63) is 12.4 Å². The third-order valence-corrected chi connectivity index (χ3v) is 13.3. The van der Waals surface area contributed by atoms with Crippen molar-refractivity contribution in [3.63, 3.8) is 0 Å². The Bertz CT molecular complexity index is 747. The lowest BCUT2D eigenvalue weighted by atomic mass is 10.0. The van der Waals surface area contributed by atoms with Crippen molar-refractivity contribution in [2.24, 2.45) is 0 Å². The molecule has 0 aromatic rings. The molecule has 334 valence electrons. The van der Waals surface area contributed by atoms with E-state index in [1.165, 1.54) is 308 Å². The van der Waals surface area contributed by atoms with Crippen molar-refractivity contribution >= 4 is 0 Å². The summed E-state index contributed by atoms with van der Waals surface area (Å²) in [5, 5.41) is 0. The summed E-state index contributed by atoms with van der Waals surface area (Å²) in [7, 11) is 0. The van der Waals surface area contributed by atoms with Crippen LogP contribution in [0.5, 0.6) is 0 Å². The van der Waals surface area contributed by atoms with Gasteiger partial charge in [0.2, 0.25) is 0 Å². The fraction of sp³-hybridized carbons (Fsp3) is 0.963. The number of nitrogens with zero attached hydrogens (tertiary/aromatic N) is 2. The summed E-state index contributed by atoms with van der Waals surface area (Å²) in [6.45, 7) is 9.50. The molecular formula is C54H108N2. The van der Waals surface area contributed by atoms with Gasteiger partial charge in [0.15, 0.2) is 0 Å². The summed E-state index contributed by atoms with van der Waals surface area (Å²) < 4.78 is 0. The standard InChI is InChI=1S/C54H108N2/c1-4-7-10-13-16-19-22-25-28-29-31-34-37-40-43-46-49-54-55(50-47-44-41-38-35-32-27-24-21-18-15-12-9-6-3)52-53-56(54)51-48-45-42-39-36-33-30-26-23-20-17-14-11-8-5-2/h52-54H,4-51H2,1-3H3. The van der Waals surface area contributed by atoms with Gasteiger partial charge in [-0.1, -0.05) is 290 Å². The van der Waals surface area contributed by atoms with E-state index in [-0.39, 0.29) is 0 Å². The van der Waals surface area contributed by atoms with E-state index in [2.05, 4.69) is 43.0 Å². The summed E-state index contributed by atoms with van der Waals surface area (Å²) in [4.78, 5) is 5.49. The maximum Gasteiger partial charge on any atom is 0.101 e. The van der Waals surface area contributed by atoms with Gasteiger partial charge in [0, 0.05) is 25.5 Å². The van der Waals surface area contributed by atoms with Gasteiger partial charge in [0.25, 0.3) is 0 Å². The first-order valence-corrected chi connectivity index (χ1v) is 27.0. The van der Waals surface area contributed by atoms with Crippen LogP contribution in [0, 0.1) is 0 Å². The Balaban J connectivity index is 2.19. The highest BCUT2D eigenvalue weighted by Gasteiger charge is 2.25. The van der Waals surface area contributed by atoms with Gasteiger partial charge in [-0.05, 0) is 25.7 Å². The molecular weight excluding hydrogens is 677 g/mol. The van der Waals surface area contributed by atoms with Crippen molar-refractivity contribution in [2.75, 3.05) is 13.1 Å². The van der Waals surface area contributed by atoms with Crippen LogP contribution in [0.15, 0.2) is 12.4 Å². The molecule has 0 amide bonds. The lowest BCUT2D eigenvalue weighted by Gasteiger charge is -2.33. The molecule has 0 aliphatic carbocycles. The highest BCUT2D eigenvalue weighted by atomic mass is 15.4. The topological polar surface area (TPSA) is 6.48 Å². The van der Waals surface area contributed by atoms with Crippen LogP contribution < -0.4 is 0 Å². The smallest absolute Gasteiger partial charge is 0.101 e. The van der Waals surface area contributed by atoms with Crippen LogP contribution in [0.2, 0.25) is 0 Å². The predicted molar refractivity (Wildman–Crippen MR) is 256 cm³/mol. The fourth-order valence-corrected chi connectivity index (χ4v) is 9.37. The van der Waals surface area contributed by atoms with E-state index < -0.39 is 0 Å². The first kappa shape index (κ1) is 53.4. The summed E-state index contributed by atoms with van der Waals surface area (Å²) in [5.74, 6) is 0. The molecule has 0 saturated carbocycles. The Morgan fingerprint density at radius 1 is 0.232 bits per heavy atom. The Hall–Kier alpha value is -0.660. The Labute approximate surface area is 356 Å². The molecule has 2 heteroatoms. The minimum absolute atomic E-state index is 0.635. The summed E-state index contributed by atoms with van der Waals surface area (Å²) >= 11 is 0. The maximum absolute atomic E-state index is 2.75. The van der Waals surface area contributed by atoms with Crippen LogP contribution >= 0.6 is 0 Å². The number of hydrogen-bond donors (Lipinski definition) is 0. The molecule has 0 aromatic heterocycles. The average molecular weight is 785 g/mol. The third kappa shape index (κ3) is 36.4. The molecule has 56 heavy (non-hydrogen) atoms. The number of hydrogen-bond acceptors (Lipinski definition) is 2. The molecule has 1 unspecified atom stereocenters. The van der Waals surface area contributed by atoms with E-state index >= 15 is 0 Å². The summed E-state index contributed by atoms with van der Waals surface area (Å²) in [5.41, 5.74) is 0. The molecule has 0 spiro atoms. The molecule has 1 heterocycles. The molecule has 0 bridgehead atoms. The second kappa shape index (κ2) is 45.4. The van der Waals surface area contributed by atoms with Crippen LogP contribution in [-0.4, -0.2) is 29.1 Å². The third-order valence-electron chi connectivity index (χ3n) is 13.3. The van der Waals surface area contributed by atoms with E-state index in [0.717, 1.165) is 0 Å². The lowest BCUT2D eigenvalue weighted by Crippen LogP contribution is -2.39. The Kier molecular flexibility index (Phi) is 43.3. The van der Waals surface area contributed by atoms with Gasteiger partial charge in [0.1, 0.15) is 6.17 Å². The molecule has 2 nitrogen and oxygen atoms in total. The zero-order valence-corrected chi connectivity index (χ0v) is 39.6. The molecule has 0 radical (unpaired) electrons. The van der Waals surface area contributed by atoms with Crippen molar-refractivity contribution in [3.8, 4) is 0 Å². The SMILES string of the molecule is CCCCCCCCCCCCCCCCCCC1N(CCCCCCCCCCCCCCCC)C=CN1CCCCCCCCCCCCCCCCC. The normalized spacial score (nSPS) is 14.2. The number of rotatable bonds is 48. The van der Waals surface area contributed by atoms with Crippen molar-refractivity contribution in [1.29, 1.82) is 0 Å². The first-order valence-electron chi connectivity index (χ1n) is 27.0. The Morgan fingerprint density at radius 2 is 0.411 bits per heavy atom. The van der Waals surface area contributed by atoms with Gasteiger partial charge in [-0.15, -0.1) is 0 Å². The summed E-state index contributed by atoms with van der Waals surface area (Å²) in [6.07, 6.45) is 72.3. The molecule has 0 fully saturated rings. The highest BCUT2D eigenvalue weighted by molar-refractivity contribution is 4.97. The zero-order valence-electron chi connectivity index (χ0n) is 39.6. The lowest BCUT2D eigenvalue weighted by molar-refractivity contribution is 0.135. The highest BCUT2D eigenvalue weighted by Crippen LogP contribution is 2.24. The first-order chi connectivity index (χ1) is 27.8. The van der Waals surface area contributed by atoms with Crippen LogP contribution in [0.4, 0.5) is 0 Å². The van der Waals surface area contributed by atoms with Crippen LogP contribution in [0.25, 0.3) is 0 Å². The zero-order chi connectivity index (χ0) is 40.1. The van der Waals surface area contributed by atoms with E-state index in [1.54, 1.807) is 0 Å². The molecule has 1 atom stereocenters. The number of unbranched alkanes of at least 4 members (excludes halogenated alkanes) is 42. The van der Waals surface area contributed by atoms with E-state index in [4.69, 9.17) is 0 Å². The minimum Gasteiger partial charge on any atom is -0.356 e. The van der Waals surface area contributed by atoms with Gasteiger partial charge in [-0.3, -0.25) is 0 Å². The monoisotopic (exact) mass is 785 g/mol.